The summed E-state index contributed by atoms with van der Waals surface area (Å²) in [5, 5.41) is 9.71. The van der Waals surface area contributed by atoms with Crippen LogP contribution in [-0.4, -0.2) is 18.0 Å². The van der Waals surface area contributed by atoms with Gasteiger partial charge in [-0.15, -0.1) is 0 Å². The Balaban J connectivity index is 2.24. The summed E-state index contributed by atoms with van der Waals surface area (Å²) in [5.41, 5.74) is 0.711. The lowest BCUT2D eigenvalue weighted by molar-refractivity contribution is 0.246. The van der Waals surface area contributed by atoms with Gasteiger partial charge in [-0.05, 0) is 38.1 Å². The van der Waals surface area contributed by atoms with E-state index in [1.54, 1.807) is 6.07 Å². The van der Waals surface area contributed by atoms with E-state index in [4.69, 9.17) is 11.6 Å². The number of nitriles is 1. The van der Waals surface area contributed by atoms with E-state index in [9.17, 15) is 9.65 Å². The quantitative estimate of drug-likeness (QED) is 0.811. The van der Waals surface area contributed by atoms with Crippen molar-refractivity contribution in [2.45, 2.75) is 31.7 Å². The lowest BCUT2D eigenvalue weighted by Gasteiger charge is -2.26. The van der Waals surface area contributed by atoms with Gasteiger partial charge in [-0.25, -0.2) is 4.39 Å². The van der Waals surface area contributed by atoms with Crippen LogP contribution >= 0.6 is 11.6 Å². The van der Waals surface area contributed by atoms with Crippen LogP contribution in [0.2, 0.25) is 5.02 Å². The minimum absolute atomic E-state index is 0.339. The lowest BCUT2D eigenvalue weighted by Crippen LogP contribution is -2.29. The molecule has 1 aromatic carbocycles. The Labute approximate surface area is 112 Å². The first-order chi connectivity index (χ1) is 8.72. The minimum Gasteiger partial charge on any atom is -0.284 e. The van der Waals surface area contributed by atoms with Crippen LogP contribution in [0.3, 0.4) is 0 Å². The highest BCUT2D eigenvalue weighted by atomic mass is 35.5. The molecule has 1 heterocycles. The van der Waals surface area contributed by atoms with Gasteiger partial charge in [0.25, 0.3) is 0 Å². The molecule has 0 saturated carbocycles. The molecule has 0 radical (unpaired) electrons. The average molecular weight is 267 g/mol. The molecular formula is C14H16ClFN2. The van der Waals surface area contributed by atoms with E-state index in [1.807, 2.05) is 0 Å². The Hall–Kier alpha value is -1.11. The van der Waals surface area contributed by atoms with Gasteiger partial charge < -0.3 is 0 Å². The van der Waals surface area contributed by atoms with E-state index in [0.29, 0.717) is 10.6 Å². The van der Waals surface area contributed by atoms with E-state index < -0.39 is 0 Å². The van der Waals surface area contributed by atoms with Crippen molar-refractivity contribution in [3.63, 3.8) is 0 Å². The van der Waals surface area contributed by atoms with Crippen LogP contribution < -0.4 is 0 Å². The summed E-state index contributed by atoms with van der Waals surface area (Å²) in [6, 6.07) is 6.19. The molecule has 0 aliphatic carbocycles. The van der Waals surface area contributed by atoms with Crippen LogP contribution in [0.15, 0.2) is 18.2 Å². The predicted molar refractivity (Wildman–Crippen MR) is 69.8 cm³/mol. The van der Waals surface area contributed by atoms with Gasteiger partial charge in [-0.2, -0.15) is 5.26 Å². The topological polar surface area (TPSA) is 27.0 Å². The molecule has 96 valence electrons. The molecule has 0 spiro atoms. The second-order valence-electron chi connectivity index (χ2n) is 4.65. The maximum Gasteiger partial charge on any atom is 0.125 e. The summed E-state index contributed by atoms with van der Waals surface area (Å²) in [6.07, 6.45) is 4.64. The Morgan fingerprint density at radius 2 is 1.89 bits per heavy atom. The van der Waals surface area contributed by atoms with Crippen molar-refractivity contribution in [1.82, 2.24) is 4.90 Å². The van der Waals surface area contributed by atoms with Gasteiger partial charge in [0.2, 0.25) is 0 Å². The Morgan fingerprint density at radius 1 is 1.22 bits per heavy atom. The molecule has 1 aliphatic heterocycles. The molecule has 1 aliphatic rings. The van der Waals surface area contributed by atoms with Crippen LogP contribution in [0, 0.1) is 17.1 Å². The molecule has 4 heteroatoms. The van der Waals surface area contributed by atoms with Crippen molar-refractivity contribution in [3.8, 4) is 6.07 Å². The Morgan fingerprint density at radius 3 is 2.44 bits per heavy atom. The highest BCUT2D eigenvalue weighted by molar-refractivity contribution is 6.31. The standard InChI is InChI=1S/C14H16ClFN2/c15-13-9-11(16)5-6-12(13)14(10-17)18-7-3-1-2-4-8-18/h5-6,9,14H,1-4,7-8H2. The average Bonchev–Trinajstić information content (AvgIpc) is 2.62. The second-order valence-corrected chi connectivity index (χ2v) is 5.05. The first kappa shape index (κ1) is 13.3. The van der Waals surface area contributed by atoms with Crippen molar-refractivity contribution in [3.05, 3.63) is 34.6 Å². The third kappa shape index (κ3) is 3.01. The van der Waals surface area contributed by atoms with Gasteiger partial charge >= 0.3 is 0 Å². The third-order valence-corrected chi connectivity index (χ3v) is 3.71. The number of benzene rings is 1. The summed E-state index contributed by atoms with van der Waals surface area (Å²) in [6.45, 7) is 1.82. The summed E-state index contributed by atoms with van der Waals surface area (Å²) in [5.74, 6) is -0.365. The molecule has 1 saturated heterocycles. The van der Waals surface area contributed by atoms with E-state index >= 15 is 0 Å². The summed E-state index contributed by atoms with van der Waals surface area (Å²) >= 11 is 6.05. The summed E-state index contributed by atoms with van der Waals surface area (Å²) in [4.78, 5) is 2.14. The van der Waals surface area contributed by atoms with E-state index in [2.05, 4.69) is 11.0 Å². The van der Waals surface area contributed by atoms with Crippen LogP contribution in [0.25, 0.3) is 0 Å². The van der Waals surface area contributed by atoms with Gasteiger partial charge in [-0.1, -0.05) is 30.5 Å². The highest BCUT2D eigenvalue weighted by Gasteiger charge is 2.23. The summed E-state index contributed by atoms with van der Waals surface area (Å²) in [7, 11) is 0. The highest BCUT2D eigenvalue weighted by Crippen LogP contribution is 2.29. The molecular weight excluding hydrogens is 251 g/mol. The SMILES string of the molecule is N#CC(c1ccc(F)cc1Cl)N1CCCCCC1. The minimum atomic E-state index is -0.365. The molecule has 1 aromatic rings. The molecule has 2 rings (SSSR count). The number of halogens is 2. The summed E-state index contributed by atoms with van der Waals surface area (Å²) < 4.78 is 13.0. The lowest BCUT2D eigenvalue weighted by atomic mass is 10.1. The van der Waals surface area contributed by atoms with Crippen LogP contribution in [-0.2, 0) is 0 Å². The number of nitrogens with zero attached hydrogens (tertiary/aromatic N) is 2. The molecule has 0 N–H and O–H groups in total. The fraction of sp³-hybridized carbons (Fsp3) is 0.500. The number of rotatable bonds is 2. The predicted octanol–water partition coefficient (Wildman–Crippen LogP) is 3.92. The van der Waals surface area contributed by atoms with Gasteiger partial charge in [0.1, 0.15) is 11.9 Å². The number of hydrogen-bond acceptors (Lipinski definition) is 2. The van der Waals surface area contributed by atoms with Crippen molar-refractivity contribution < 1.29 is 4.39 Å². The number of likely N-dealkylation sites (tertiary alicyclic amines) is 1. The monoisotopic (exact) mass is 266 g/mol. The van der Waals surface area contributed by atoms with Crippen molar-refractivity contribution >= 4 is 11.6 Å². The van der Waals surface area contributed by atoms with Crippen molar-refractivity contribution in [2.75, 3.05) is 13.1 Å². The van der Waals surface area contributed by atoms with Gasteiger partial charge in [0.15, 0.2) is 0 Å². The van der Waals surface area contributed by atoms with Crippen LogP contribution in [0.1, 0.15) is 37.3 Å². The maximum atomic E-state index is 13.0. The van der Waals surface area contributed by atoms with Crippen molar-refractivity contribution in [2.24, 2.45) is 0 Å². The Bertz CT molecular complexity index is 448. The van der Waals surface area contributed by atoms with Crippen LogP contribution in [0.5, 0.6) is 0 Å². The molecule has 1 atom stereocenters. The zero-order chi connectivity index (χ0) is 13.0. The van der Waals surface area contributed by atoms with Gasteiger partial charge in [-0.3, -0.25) is 4.90 Å². The molecule has 0 amide bonds. The van der Waals surface area contributed by atoms with E-state index in [0.717, 1.165) is 25.9 Å². The third-order valence-electron chi connectivity index (χ3n) is 3.39. The fourth-order valence-electron chi connectivity index (χ4n) is 2.42. The zero-order valence-corrected chi connectivity index (χ0v) is 11.0. The first-order valence-corrected chi connectivity index (χ1v) is 6.69. The fourth-order valence-corrected chi connectivity index (χ4v) is 2.70. The second kappa shape index (κ2) is 6.17. The van der Waals surface area contributed by atoms with Gasteiger partial charge in [0.05, 0.1) is 6.07 Å². The molecule has 0 bridgehead atoms. The smallest absolute Gasteiger partial charge is 0.125 e. The van der Waals surface area contributed by atoms with E-state index in [-0.39, 0.29) is 11.9 Å². The normalized spacial score (nSPS) is 18.9. The number of hydrogen-bond donors (Lipinski definition) is 0. The Kier molecular flexibility index (Phi) is 4.57. The van der Waals surface area contributed by atoms with Gasteiger partial charge in [0, 0.05) is 10.6 Å². The van der Waals surface area contributed by atoms with Crippen LogP contribution in [0.4, 0.5) is 4.39 Å². The van der Waals surface area contributed by atoms with Crippen molar-refractivity contribution in [1.29, 1.82) is 5.26 Å². The first-order valence-electron chi connectivity index (χ1n) is 6.31. The maximum absolute atomic E-state index is 13.0. The molecule has 2 nitrogen and oxygen atoms in total. The van der Waals surface area contributed by atoms with E-state index in [1.165, 1.54) is 25.0 Å². The molecule has 1 fully saturated rings. The molecule has 1 unspecified atom stereocenters. The molecule has 0 aromatic heterocycles. The largest absolute Gasteiger partial charge is 0.284 e. The molecule has 18 heavy (non-hydrogen) atoms. The zero-order valence-electron chi connectivity index (χ0n) is 10.2.